The number of carbonyl (C=O) groups excluding carboxylic acids is 2. The molecule has 5 heteroatoms. The van der Waals surface area contributed by atoms with E-state index < -0.39 is 0 Å². The van der Waals surface area contributed by atoms with Crippen molar-refractivity contribution in [3.63, 3.8) is 0 Å². The monoisotopic (exact) mass is 234 g/mol. The summed E-state index contributed by atoms with van der Waals surface area (Å²) in [7, 11) is 1.55. The third kappa shape index (κ3) is 2.38. The van der Waals surface area contributed by atoms with E-state index in [1.807, 2.05) is 0 Å². The van der Waals surface area contributed by atoms with Crippen LogP contribution in [-0.4, -0.2) is 23.8 Å². The highest BCUT2D eigenvalue weighted by atomic mass is 16.5. The second-order valence-electron chi connectivity index (χ2n) is 3.99. The van der Waals surface area contributed by atoms with Gasteiger partial charge in [0.1, 0.15) is 5.75 Å². The Hall–Kier alpha value is -2.04. The van der Waals surface area contributed by atoms with Gasteiger partial charge in [-0.05, 0) is 17.7 Å². The molecule has 0 saturated carbocycles. The van der Waals surface area contributed by atoms with Gasteiger partial charge in [-0.3, -0.25) is 14.5 Å². The molecule has 1 aliphatic heterocycles. The van der Waals surface area contributed by atoms with Gasteiger partial charge in [-0.1, -0.05) is 0 Å². The van der Waals surface area contributed by atoms with Gasteiger partial charge in [0.15, 0.2) is 0 Å². The molecule has 1 heterocycles. The number of amides is 2. The van der Waals surface area contributed by atoms with E-state index in [-0.39, 0.29) is 18.4 Å². The average Bonchev–Trinajstić information content (AvgIpc) is 2.60. The largest absolute Gasteiger partial charge is 0.497 e. The van der Waals surface area contributed by atoms with Gasteiger partial charge < -0.3 is 10.5 Å². The molecule has 90 valence electrons. The van der Waals surface area contributed by atoms with E-state index in [0.29, 0.717) is 24.3 Å². The van der Waals surface area contributed by atoms with Crippen molar-refractivity contribution in [2.24, 2.45) is 0 Å². The van der Waals surface area contributed by atoms with Crippen molar-refractivity contribution in [3.8, 4) is 5.75 Å². The fourth-order valence-electron chi connectivity index (χ4n) is 1.88. The maximum atomic E-state index is 11.5. The summed E-state index contributed by atoms with van der Waals surface area (Å²) in [5.41, 5.74) is 7.06. The molecule has 0 bridgehead atoms. The summed E-state index contributed by atoms with van der Waals surface area (Å²) in [4.78, 5) is 24.2. The number of ether oxygens (including phenoxy) is 1. The van der Waals surface area contributed by atoms with Crippen LogP contribution in [0.5, 0.6) is 5.75 Å². The Morgan fingerprint density at radius 2 is 1.88 bits per heavy atom. The molecule has 1 aromatic carbocycles. The molecule has 1 aliphatic rings. The number of hydrogen-bond donors (Lipinski definition) is 1. The molecule has 0 aliphatic carbocycles. The first-order valence-electron chi connectivity index (χ1n) is 5.37. The van der Waals surface area contributed by atoms with Crippen LogP contribution >= 0.6 is 0 Å². The van der Waals surface area contributed by atoms with Crippen molar-refractivity contribution in [1.82, 2.24) is 4.90 Å². The lowest BCUT2D eigenvalue weighted by atomic mass is 10.2. The van der Waals surface area contributed by atoms with Crippen molar-refractivity contribution >= 4 is 17.5 Å². The number of nitrogen functional groups attached to an aromatic ring is 1. The standard InChI is InChI=1S/C12H14N2O3/c1-17-10-5-8(4-9(13)6-10)7-14-11(15)2-3-12(14)16/h4-6H,2-3,7,13H2,1H3. The van der Waals surface area contributed by atoms with E-state index in [9.17, 15) is 9.59 Å². The van der Waals surface area contributed by atoms with E-state index in [4.69, 9.17) is 10.5 Å². The van der Waals surface area contributed by atoms with Crippen LogP contribution in [0.15, 0.2) is 18.2 Å². The second-order valence-corrected chi connectivity index (χ2v) is 3.99. The molecular weight excluding hydrogens is 220 g/mol. The summed E-state index contributed by atoms with van der Waals surface area (Å²) in [6.07, 6.45) is 0.608. The Morgan fingerprint density at radius 3 is 2.47 bits per heavy atom. The van der Waals surface area contributed by atoms with Crippen molar-refractivity contribution in [2.45, 2.75) is 19.4 Å². The molecule has 17 heavy (non-hydrogen) atoms. The lowest BCUT2D eigenvalue weighted by Crippen LogP contribution is -2.28. The lowest BCUT2D eigenvalue weighted by Gasteiger charge is -2.14. The van der Waals surface area contributed by atoms with Crippen LogP contribution in [0.25, 0.3) is 0 Å². The van der Waals surface area contributed by atoms with Gasteiger partial charge in [-0.25, -0.2) is 0 Å². The minimum atomic E-state index is -0.128. The number of imide groups is 1. The predicted octanol–water partition coefficient (Wildman–Crippen LogP) is 0.926. The Morgan fingerprint density at radius 1 is 1.24 bits per heavy atom. The van der Waals surface area contributed by atoms with Crippen molar-refractivity contribution in [2.75, 3.05) is 12.8 Å². The van der Waals surface area contributed by atoms with E-state index in [2.05, 4.69) is 0 Å². The van der Waals surface area contributed by atoms with Crippen LogP contribution in [-0.2, 0) is 16.1 Å². The average molecular weight is 234 g/mol. The van der Waals surface area contributed by atoms with Crippen LogP contribution in [0.2, 0.25) is 0 Å². The molecule has 0 atom stereocenters. The number of methoxy groups -OCH3 is 1. The predicted molar refractivity (Wildman–Crippen MR) is 62.2 cm³/mol. The summed E-state index contributed by atoms with van der Waals surface area (Å²) in [6, 6.07) is 5.20. The molecule has 1 fully saturated rings. The van der Waals surface area contributed by atoms with Gasteiger partial charge in [0.25, 0.3) is 0 Å². The highest BCUT2D eigenvalue weighted by Crippen LogP contribution is 2.22. The smallest absolute Gasteiger partial charge is 0.229 e. The molecule has 2 N–H and O–H groups in total. The van der Waals surface area contributed by atoms with Gasteiger partial charge in [-0.2, -0.15) is 0 Å². The molecule has 2 rings (SSSR count). The third-order valence-corrected chi connectivity index (χ3v) is 2.72. The SMILES string of the molecule is COc1cc(N)cc(CN2C(=O)CCC2=O)c1. The Bertz CT molecular complexity index is 455. The van der Waals surface area contributed by atoms with E-state index >= 15 is 0 Å². The summed E-state index contributed by atoms with van der Waals surface area (Å²) < 4.78 is 5.09. The van der Waals surface area contributed by atoms with E-state index in [0.717, 1.165) is 5.56 Å². The Labute approximate surface area is 99.2 Å². The Kier molecular flexibility index (Phi) is 2.99. The maximum absolute atomic E-state index is 11.5. The summed E-state index contributed by atoms with van der Waals surface area (Å²) in [5, 5.41) is 0. The summed E-state index contributed by atoms with van der Waals surface area (Å²) >= 11 is 0. The molecular formula is C12H14N2O3. The van der Waals surface area contributed by atoms with Crippen molar-refractivity contribution in [3.05, 3.63) is 23.8 Å². The van der Waals surface area contributed by atoms with E-state index in [1.54, 1.807) is 25.3 Å². The van der Waals surface area contributed by atoms with E-state index in [1.165, 1.54) is 4.90 Å². The number of carbonyl (C=O) groups is 2. The number of rotatable bonds is 3. The first-order chi connectivity index (χ1) is 8.10. The topological polar surface area (TPSA) is 72.6 Å². The first kappa shape index (κ1) is 11.4. The fraction of sp³-hybridized carbons (Fsp3) is 0.333. The van der Waals surface area contributed by atoms with Gasteiger partial charge in [0, 0.05) is 24.6 Å². The normalized spacial score (nSPS) is 15.5. The van der Waals surface area contributed by atoms with Crippen LogP contribution in [0.4, 0.5) is 5.69 Å². The number of nitrogens with two attached hydrogens (primary N) is 1. The number of benzene rings is 1. The fourth-order valence-corrected chi connectivity index (χ4v) is 1.88. The molecule has 2 amide bonds. The summed E-state index contributed by atoms with van der Waals surface area (Å²) in [5.74, 6) is 0.367. The third-order valence-electron chi connectivity index (χ3n) is 2.72. The number of likely N-dealkylation sites (tertiary alicyclic amines) is 1. The van der Waals surface area contributed by atoms with Crippen LogP contribution in [0, 0.1) is 0 Å². The van der Waals surface area contributed by atoms with Crippen LogP contribution in [0.1, 0.15) is 18.4 Å². The summed E-state index contributed by atoms with van der Waals surface area (Å²) in [6.45, 7) is 0.263. The quantitative estimate of drug-likeness (QED) is 0.623. The number of nitrogens with zero attached hydrogens (tertiary/aromatic N) is 1. The lowest BCUT2D eigenvalue weighted by molar-refractivity contribution is -0.139. The van der Waals surface area contributed by atoms with Crippen molar-refractivity contribution < 1.29 is 14.3 Å². The zero-order valence-corrected chi connectivity index (χ0v) is 9.60. The molecule has 0 radical (unpaired) electrons. The highest BCUT2D eigenvalue weighted by Gasteiger charge is 2.28. The highest BCUT2D eigenvalue weighted by molar-refractivity contribution is 6.01. The first-order valence-corrected chi connectivity index (χ1v) is 5.37. The Balaban J connectivity index is 2.20. The molecule has 0 spiro atoms. The maximum Gasteiger partial charge on any atom is 0.229 e. The van der Waals surface area contributed by atoms with Gasteiger partial charge >= 0.3 is 0 Å². The molecule has 1 saturated heterocycles. The number of anilines is 1. The minimum Gasteiger partial charge on any atom is -0.497 e. The van der Waals surface area contributed by atoms with Gasteiger partial charge in [0.05, 0.1) is 13.7 Å². The molecule has 0 aromatic heterocycles. The van der Waals surface area contributed by atoms with Gasteiger partial charge in [-0.15, -0.1) is 0 Å². The van der Waals surface area contributed by atoms with Crippen LogP contribution < -0.4 is 10.5 Å². The zero-order chi connectivity index (χ0) is 12.4. The second kappa shape index (κ2) is 4.45. The number of hydrogen-bond acceptors (Lipinski definition) is 4. The molecule has 1 aromatic rings. The van der Waals surface area contributed by atoms with Gasteiger partial charge in [0.2, 0.25) is 11.8 Å². The molecule has 5 nitrogen and oxygen atoms in total. The van der Waals surface area contributed by atoms with Crippen molar-refractivity contribution in [1.29, 1.82) is 0 Å². The molecule has 0 unspecified atom stereocenters. The zero-order valence-electron chi connectivity index (χ0n) is 9.60. The van der Waals surface area contributed by atoms with Crippen LogP contribution in [0.3, 0.4) is 0 Å². The minimum absolute atomic E-state index is 0.128.